The van der Waals surface area contributed by atoms with Gasteiger partial charge >= 0.3 is 6.09 Å². The lowest BCUT2D eigenvalue weighted by molar-refractivity contribution is -0.0310. The molecule has 4 heteroatoms. The highest BCUT2D eigenvalue weighted by Crippen LogP contribution is 2.54. The Morgan fingerprint density at radius 3 is 2.43 bits per heavy atom. The van der Waals surface area contributed by atoms with Gasteiger partial charge in [0.1, 0.15) is 5.60 Å². The molecule has 0 radical (unpaired) electrons. The van der Waals surface area contributed by atoms with Gasteiger partial charge in [-0.1, -0.05) is 37.3 Å². The number of rotatable bonds is 6. The molecule has 2 aliphatic rings. The van der Waals surface area contributed by atoms with Crippen molar-refractivity contribution < 1.29 is 14.3 Å². The van der Waals surface area contributed by atoms with Gasteiger partial charge in [-0.15, -0.1) is 0 Å². The molecular weight excluding hydrogens is 350 g/mol. The molecule has 1 heterocycles. The molecular formula is C24H37NO3. The van der Waals surface area contributed by atoms with Gasteiger partial charge in [0.25, 0.3) is 0 Å². The van der Waals surface area contributed by atoms with Crippen LogP contribution in [0, 0.1) is 17.3 Å². The van der Waals surface area contributed by atoms with Gasteiger partial charge in [-0.25, -0.2) is 4.79 Å². The first-order valence-electron chi connectivity index (χ1n) is 10.8. The van der Waals surface area contributed by atoms with Crippen molar-refractivity contribution in [3.05, 3.63) is 35.9 Å². The Morgan fingerprint density at radius 2 is 1.86 bits per heavy atom. The van der Waals surface area contributed by atoms with E-state index in [-0.39, 0.29) is 11.5 Å². The van der Waals surface area contributed by atoms with Gasteiger partial charge in [0, 0.05) is 20.2 Å². The number of carbonyl (C=O) groups excluding carboxylic acids is 1. The molecule has 1 saturated heterocycles. The number of ether oxygens (including phenoxy) is 2. The van der Waals surface area contributed by atoms with E-state index in [9.17, 15) is 4.79 Å². The average molecular weight is 388 g/mol. The molecule has 2 fully saturated rings. The van der Waals surface area contributed by atoms with Crippen molar-refractivity contribution in [1.82, 2.24) is 4.90 Å². The summed E-state index contributed by atoms with van der Waals surface area (Å²) in [5.74, 6) is 2.10. The van der Waals surface area contributed by atoms with Crippen LogP contribution in [0.3, 0.4) is 0 Å². The Morgan fingerprint density at radius 1 is 1.21 bits per heavy atom. The van der Waals surface area contributed by atoms with E-state index in [1.165, 1.54) is 18.4 Å². The monoisotopic (exact) mass is 387 g/mol. The fourth-order valence-electron chi connectivity index (χ4n) is 4.85. The first-order chi connectivity index (χ1) is 13.2. The van der Waals surface area contributed by atoms with Gasteiger partial charge < -0.3 is 14.4 Å². The van der Waals surface area contributed by atoms with Crippen molar-refractivity contribution in [1.29, 1.82) is 0 Å². The molecule has 1 aliphatic carbocycles. The molecule has 3 rings (SSSR count). The molecule has 1 aromatic rings. The lowest BCUT2D eigenvalue weighted by Crippen LogP contribution is -2.49. The van der Waals surface area contributed by atoms with Crippen LogP contribution in [0.1, 0.15) is 64.9 Å². The summed E-state index contributed by atoms with van der Waals surface area (Å²) in [4.78, 5) is 14.3. The largest absolute Gasteiger partial charge is 0.444 e. The highest BCUT2D eigenvalue weighted by molar-refractivity contribution is 5.68. The van der Waals surface area contributed by atoms with Gasteiger partial charge in [0.05, 0.1) is 6.61 Å². The van der Waals surface area contributed by atoms with Crippen LogP contribution in [-0.2, 0) is 9.47 Å². The quantitative estimate of drug-likeness (QED) is 0.649. The minimum atomic E-state index is -0.441. The Hall–Kier alpha value is -1.55. The molecule has 0 aromatic heterocycles. The van der Waals surface area contributed by atoms with Gasteiger partial charge in [0.15, 0.2) is 0 Å². The second kappa shape index (κ2) is 8.44. The molecule has 156 valence electrons. The number of methoxy groups -OCH3 is 1. The minimum Gasteiger partial charge on any atom is -0.444 e. The average Bonchev–Trinajstić information content (AvgIpc) is 3.41. The fraction of sp³-hybridized carbons (Fsp3) is 0.708. The van der Waals surface area contributed by atoms with Gasteiger partial charge in [-0.3, -0.25) is 0 Å². The summed E-state index contributed by atoms with van der Waals surface area (Å²) in [5, 5.41) is 0. The van der Waals surface area contributed by atoms with E-state index >= 15 is 0 Å². The molecule has 0 bridgehead atoms. The Kier molecular flexibility index (Phi) is 6.38. The van der Waals surface area contributed by atoms with Gasteiger partial charge in [-0.2, -0.15) is 0 Å². The smallest absolute Gasteiger partial charge is 0.410 e. The summed E-state index contributed by atoms with van der Waals surface area (Å²) in [5.41, 5.74) is 1.21. The summed E-state index contributed by atoms with van der Waals surface area (Å²) in [6.07, 6.45) is 4.35. The van der Waals surface area contributed by atoms with Crippen LogP contribution in [0.4, 0.5) is 4.79 Å². The Bertz CT molecular complexity index is 644. The third kappa shape index (κ3) is 5.08. The number of amides is 1. The number of likely N-dealkylation sites (tertiary alicyclic amines) is 1. The summed E-state index contributed by atoms with van der Waals surface area (Å²) >= 11 is 0. The number of benzene rings is 1. The van der Waals surface area contributed by atoms with Crippen LogP contribution in [0.5, 0.6) is 0 Å². The highest BCUT2D eigenvalue weighted by Gasteiger charge is 2.46. The maximum atomic E-state index is 12.4. The summed E-state index contributed by atoms with van der Waals surface area (Å²) < 4.78 is 11.2. The second-order valence-corrected chi connectivity index (χ2v) is 9.91. The van der Waals surface area contributed by atoms with Crippen molar-refractivity contribution in [2.24, 2.45) is 17.3 Å². The number of hydrogen-bond donors (Lipinski definition) is 0. The zero-order valence-corrected chi connectivity index (χ0v) is 18.2. The van der Waals surface area contributed by atoms with E-state index in [1.807, 2.05) is 25.7 Å². The van der Waals surface area contributed by atoms with Crippen LogP contribution in [0.15, 0.2) is 30.3 Å². The van der Waals surface area contributed by atoms with E-state index < -0.39 is 5.60 Å². The van der Waals surface area contributed by atoms with Crippen molar-refractivity contribution >= 4 is 6.09 Å². The summed E-state index contributed by atoms with van der Waals surface area (Å²) in [6, 6.07) is 10.9. The van der Waals surface area contributed by atoms with Crippen LogP contribution in [0.2, 0.25) is 0 Å². The topological polar surface area (TPSA) is 38.8 Å². The van der Waals surface area contributed by atoms with Gasteiger partial charge in [-0.05, 0) is 75.2 Å². The zero-order chi connectivity index (χ0) is 20.4. The van der Waals surface area contributed by atoms with Crippen molar-refractivity contribution in [3.63, 3.8) is 0 Å². The Balaban J connectivity index is 1.57. The molecule has 2 unspecified atom stereocenters. The predicted octanol–water partition coefficient (Wildman–Crippen LogP) is 5.48. The molecule has 3 atom stereocenters. The van der Waals surface area contributed by atoms with Crippen molar-refractivity contribution in [3.8, 4) is 0 Å². The van der Waals surface area contributed by atoms with Crippen molar-refractivity contribution in [2.75, 3.05) is 26.8 Å². The van der Waals surface area contributed by atoms with Crippen LogP contribution < -0.4 is 0 Å². The van der Waals surface area contributed by atoms with E-state index in [2.05, 4.69) is 37.3 Å². The maximum Gasteiger partial charge on any atom is 0.410 e. The molecule has 4 nitrogen and oxygen atoms in total. The van der Waals surface area contributed by atoms with Crippen LogP contribution in [-0.4, -0.2) is 43.4 Å². The lowest BCUT2D eigenvalue weighted by atomic mass is 9.68. The fourth-order valence-corrected chi connectivity index (χ4v) is 4.85. The van der Waals surface area contributed by atoms with E-state index in [4.69, 9.17) is 9.47 Å². The SMILES string of the molecule is COCC1(C(C)C[C@@H]2CC2c2ccccc2)CCN(C(=O)OC(C)(C)C)CC1. The molecule has 1 aliphatic heterocycles. The minimum absolute atomic E-state index is 0.164. The first kappa shape index (κ1) is 21.2. The van der Waals surface area contributed by atoms with Crippen LogP contribution >= 0.6 is 0 Å². The number of nitrogens with zero attached hydrogens (tertiary/aromatic N) is 1. The number of carbonyl (C=O) groups is 1. The molecule has 1 amide bonds. The van der Waals surface area contributed by atoms with Gasteiger partial charge in [0.2, 0.25) is 0 Å². The third-order valence-electron chi connectivity index (χ3n) is 6.69. The molecule has 0 N–H and O–H groups in total. The molecule has 28 heavy (non-hydrogen) atoms. The van der Waals surface area contributed by atoms with Crippen molar-refractivity contribution in [2.45, 2.75) is 64.9 Å². The summed E-state index contributed by atoms with van der Waals surface area (Å²) in [6.45, 7) is 10.5. The summed E-state index contributed by atoms with van der Waals surface area (Å²) in [7, 11) is 1.80. The molecule has 0 spiro atoms. The standard InChI is InChI=1S/C24H37NO3/c1-18(15-20-16-21(20)19-9-7-6-8-10-19)24(17-27-5)11-13-25(14-12-24)22(26)28-23(2,3)4/h6-10,18,20-21H,11-17H2,1-5H3/t18?,20-,21?/m1/s1. The van der Waals surface area contributed by atoms with E-state index in [1.54, 1.807) is 7.11 Å². The molecule has 1 saturated carbocycles. The highest BCUT2D eigenvalue weighted by atomic mass is 16.6. The third-order valence-corrected chi connectivity index (χ3v) is 6.69. The Labute approximate surface area is 170 Å². The second-order valence-electron chi connectivity index (χ2n) is 9.91. The maximum absolute atomic E-state index is 12.4. The number of piperidine rings is 1. The lowest BCUT2D eigenvalue weighted by Gasteiger charge is -2.45. The van der Waals surface area contributed by atoms with E-state index in [0.29, 0.717) is 5.92 Å². The van der Waals surface area contributed by atoms with E-state index in [0.717, 1.165) is 44.4 Å². The predicted molar refractivity (Wildman–Crippen MR) is 112 cm³/mol. The molecule has 1 aromatic carbocycles. The number of hydrogen-bond acceptors (Lipinski definition) is 3. The normalized spacial score (nSPS) is 25.2. The zero-order valence-electron chi connectivity index (χ0n) is 18.2. The first-order valence-corrected chi connectivity index (χ1v) is 10.8. The van der Waals surface area contributed by atoms with Crippen LogP contribution in [0.25, 0.3) is 0 Å².